The Morgan fingerprint density at radius 2 is 2.30 bits per heavy atom. The minimum absolute atomic E-state index is 0.166. The lowest BCUT2D eigenvalue weighted by Gasteiger charge is -2.10. The molecule has 0 atom stereocenters. The molecule has 0 aromatic carbocycles. The van der Waals surface area contributed by atoms with E-state index in [9.17, 15) is 4.79 Å². The molecule has 1 rings (SSSR count). The van der Waals surface area contributed by atoms with Crippen LogP contribution in [0.3, 0.4) is 0 Å². The van der Waals surface area contributed by atoms with E-state index in [4.69, 9.17) is 4.74 Å². The molecule has 2 nitrogen and oxygen atoms in total. The van der Waals surface area contributed by atoms with Crippen molar-refractivity contribution in [3.63, 3.8) is 0 Å². The highest BCUT2D eigenvalue weighted by Crippen LogP contribution is 2.47. The minimum Gasteiger partial charge on any atom is -0.464 e. The molecular weight excluding hydrogens is 148 g/mol. The smallest absolute Gasteiger partial charge is 0.302 e. The Kier molecular flexibility index (Phi) is 2.24. The molecule has 0 spiro atoms. The van der Waals surface area contributed by atoms with Crippen molar-refractivity contribution in [3.05, 3.63) is 0 Å². The number of carbonyl (C=O) groups is 1. The van der Waals surface area contributed by atoms with E-state index in [1.165, 1.54) is 19.8 Å². The maximum absolute atomic E-state index is 10.4. The van der Waals surface area contributed by atoms with Crippen molar-refractivity contribution >= 4 is 17.7 Å². The van der Waals surface area contributed by atoms with Crippen LogP contribution in [0.2, 0.25) is 0 Å². The summed E-state index contributed by atoms with van der Waals surface area (Å²) in [6, 6.07) is 0. The highest BCUT2D eigenvalue weighted by molar-refractivity contribution is 8.00. The fourth-order valence-corrected chi connectivity index (χ4v) is 1.47. The summed E-state index contributed by atoms with van der Waals surface area (Å²) in [6.07, 6.45) is 4.46. The van der Waals surface area contributed by atoms with Crippen molar-refractivity contribution < 1.29 is 9.53 Å². The minimum atomic E-state index is -0.166. The molecule has 1 aliphatic carbocycles. The fraction of sp³-hybridized carbons (Fsp3) is 0.857. The predicted octanol–water partition coefficient (Wildman–Crippen LogP) is 1.45. The highest BCUT2D eigenvalue weighted by atomic mass is 32.2. The van der Waals surface area contributed by atoms with Crippen LogP contribution in [0.5, 0.6) is 0 Å². The molecule has 0 aromatic heterocycles. The third kappa shape index (κ3) is 1.90. The largest absolute Gasteiger partial charge is 0.464 e. The van der Waals surface area contributed by atoms with Gasteiger partial charge >= 0.3 is 5.97 Å². The number of carbonyl (C=O) groups excluding carboxylic acids is 1. The lowest BCUT2D eigenvalue weighted by atomic mass is 10.4. The maximum atomic E-state index is 10.4. The van der Waals surface area contributed by atoms with Gasteiger partial charge in [-0.25, -0.2) is 0 Å². The molecule has 0 amide bonds. The maximum Gasteiger partial charge on any atom is 0.302 e. The van der Waals surface area contributed by atoms with E-state index in [1.54, 1.807) is 11.8 Å². The molecule has 3 heteroatoms. The van der Waals surface area contributed by atoms with Gasteiger partial charge in [-0.1, -0.05) is 0 Å². The van der Waals surface area contributed by atoms with Gasteiger partial charge in [-0.15, -0.1) is 0 Å². The van der Waals surface area contributed by atoms with Gasteiger partial charge in [0, 0.05) is 11.7 Å². The first-order valence-electron chi connectivity index (χ1n) is 3.37. The first kappa shape index (κ1) is 7.92. The molecule has 10 heavy (non-hydrogen) atoms. The second-order valence-corrected chi connectivity index (χ2v) is 3.94. The van der Waals surface area contributed by atoms with Crippen LogP contribution >= 0.6 is 11.8 Å². The fourth-order valence-electron chi connectivity index (χ4n) is 0.780. The number of hydrogen-bond donors (Lipinski definition) is 0. The Hall–Kier alpha value is -0.180. The molecule has 0 radical (unpaired) electrons. The van der Waals surface area contributed by atoms with Crippen molar-refractivity contribution in [2.45, 2.75) is 24.5 Å². The Morgan fingerprint density at radius 3 is 2.60 bits per heavy atom. The van der Waals surface area contributed by atoms with Gasteiger partial charge in [0.2, 0.25) is 0 Å². The van der Waals surface area contributed by atoms with Crippen molar-refractivity contribution in [2.75, 3.05) is 12.9 Å². The average molecular weight is 160 g/mol. The lowest BCUT2D eigenvalue weighted by Crippen LogP contribution is -2.14. The predicted molar refractivity (Wildman–Crippen MR) is 42.1 cm³/mol. The molecule has 0 bridgehead atoms. The molecule has 0 aromatic rings. The summed E-state index contributed by atoms with van der Waals surface area (Å²) < 4.78 is 5.20. The summed E-state index contributed by atoms with van der Waals surface area (Å²) in [5, 5.41) is 0. The van der Waals surface area contributed by atoms with Gasteiger partial charge in [-0.05, 0) is 19.1 Å². The quantitative estimate of drug-likeness (QED) is 0.584. The normalized spacial score (nSPS) is 20.2. The van der Waals surface area contributed by atoms with Crippen LogP contribution in [0.4, 0.5) is 0 Å². The Labute approximate surface area is 65.3 Å². The van der Waals surface area contributed by atoms with Crippen molar-refractivity contribution in [1.82, 2.24) is 0 Å². The number of hydrogen-bond acceptors (Lipinski definition) is 3. The summed E-state index contributed by atoms with van der Waals surface area (Å²) in [5.41, 5.74) is 0. The molecule has 0 N–H and O–H groups in total. The third-order valence-electron chi connectivity index (χ3n) is 1.78. The first-order valence-corrected chi connectivity index (χ1v) is 4.59. The molecule has 58 valence electrons. The van der Waals surface area contributed by atoms with Gasteiger partial charge in [0.25, 0.3) is 0 Å². The third-order valence-corrected chi connectivity index (χ3v) is 3.17. The molecular formula is C7H12O2S. The number of esters is 1. The van der Waals surface area contributed by atoms with Crippen molar-refractivity contribution in [3.8, 4) is 0 Å². The Morgan fingerprint density at radius 1 is 1.70 bits per heavy atom. The molecule has 1 fully saturated rings. The second kappa shape index (κ2) is 2.82. The molecule has 0 unspecified atom stereocenters. The van der Waals surface area contributed by atoms with Gasteiger partial charge in [-0.3, -0.25) is 4.79 Å². The average Bonchev–Trinajstić information content (AvgIpc) is 2.64. The van der Waals surface area contributed by atoms with Gasteiger partial charge in [-0.2, -0.15) is 11.8 Å². The van der Waals surface area contributed by atoms with Crippen LogP contribution in [0, 0.1) is 0 Å². The van der Waals surface area contributed by atoms with Crippen molar-refractivity contribution in [1.29, 1.82) is 0 Å². The second-order valence-electron chi connectivity index (χ2n) is 2.67. The van der Waals surface area contributed by atoms with E-state index >= 15 is 0 Å². The van der Waals surface area contributed by atoms with Gasteiger partial charge in [0.15, 0.2) is 0 Å². The van der Waals surface area contributed by atoms with Gasteiger partial charge in [0.1, 0.15) is 6.61 Å². The van der Waals surface area contributed by atoms with Crippen LogP contribution in [-0.2, 0) is 9.53 Å². The zero-order valence-corrected chi connectivity index (χ0v) is 7.16. The van der Waals surface area contributed by atoms with E-state index in [0.717, 1.165) is 0 Å². The van der Waals surface area contributed by atoms with E-state index < -0.39 is 0 Å². The summed E-state index contributed by atoms with van der Waals surface area (Å²) in [7, 11) is 0. The van der Waals surface area contributed by atoms with Crippen LogP contribution in [-0.4, -0.2) is 23.6 Å². The zero-order valence-electron chi connectivity index (χ0n) is 6.35. The topological polar surface area (TPSA) is 26.3 Å². The number of ether oxygens (including phenoxy) is 1. The van der Waals surface area contributed by atoms with Gasteiger partial charge < -0.3 is 4.74 Å². The standard InChI is InChI=1S/C7H12O2S/c1-6(8)9-5-7(10-2)3-4-7/h3-5H2,1-2H3. The lowest BCUT2D eigenvalue weighted by molar-refractivity contribution is -0.141. The number of rotatable bonds is 3. The van der Waals surface area contributed by atoms with E-state index in [0.29, 0.717) is 11.4 Å². The van der Waals surface area contributed by atoms with E-state index in [1.807, 2.05) is 0 Å². The molecule has 1 saturated carbocycles. The highest BCUT2D eigenvalue weighted by Gasteiger charge is 2.42. The first-order chi connectivity index (χ1) is 4.68. The summed E-state index contributed by atoms with van der Waals surface area (Å²) >= 11 is 1.80. The van der Waals surface area contributed by atoms with Gasteiger partial charge in [0.05, 0.1) is 0 Å². The van der Waals surface area contributed by atoms with E-state index in [-0.39, 0.29) is 5.97 Å². The van der Waals surface area contributed by atoms with Crippen LogP contribution in [0.15, 0.2) is 0 Å². The van der Waals surface area contributed by atoms with Crippen molar-refractivity contribution in [2.24, 2.45) is 0 Å². The molecule has 1 aliphatic rings. The van der Waals surface area contributed by atoms with Crippen LogP contribution in [0.1, 0.15) is 19.8 Å². The summed E-state index contributed by atoms with van der Waals surface area (Å²) in [4.78, 5) is 10.4. The summed E-state index contributed by atoms with van der Waals surface area (Å²) in [5.74, 6) is -0.166. The monoisotopic (exact) mass is 160 g/mol. The molecule has 0 aliphatic heterocycles. The Bertz CT molecular complexity index is 141. The summed E-state index contributed by atoms with van der Waals surface area (Å²) in [6.45, 7) is 2.06. The SMILES string of the molecule is CSC1(COC(C)=O)CC1. The molecule has 0 saturated heterocycles. The van der Waals surface area contributed by atoms with E-state index in [2.05, 4.69) is 6.26 Å². The van der Waals surface area contributed by atoms with Crippen LogP contribution < -0.4 is 0 Å². The zero-order chi connectivity index (χ0) is 7.61. The van der Waals surface area contributed by atoms with Crippen LogP contribution in [0.25, 0.3) is 0 Å². The molecule has 0 heterocycles. The number of thioether (sulfide) groups is 1. The Balaban J connectivity index is 2.19.